The van der Waals surface area contributed by atoms with Gasteiger partial charge in [0, 0.05) is 18.0 Å². The third kappa shape index (κ3) is 1.97. The van der Waals surface area contributed by atoms with Gasteiger partial charge in [0.1, 0.15) is 11.3 Å². The zero-order valence-corrected chi connectivity index (χ0v) is 11.9. The molecule has 2 atom stereocenters. The summed E-state index contributed by atoms with van der Waals surface area (Å²) in [6.45, 7) is 6.06. The summed E-state index contributed by atoms with van der Waals surface area (Å²) < 4.78 is 5.84. The number of nitrogens with two attached hydrogens (primary N) is 1. The molecule has 1 aromatic carbocycles. The molecule has 2 aromatic rings. The maximum atomic E-state index is 5.84. The van der Waals surface area contributed by atoms with Crippen LogP contribution < -0.4 is 5.73 Å². The van der Waals surface area contributed by atoms with Crippen LogP contribution in [0, 0.1) is 19.8 Å². The van der Waals surface area contributed by atoms with Crippen LogP contribution in [0.3, 0.4) is 0 Å². The standard InChI is InChI=1S/C16H22N2O/c1-10-11(2)19-15-6-4-5-13(16(10)15)14-7-12(8-17)9-18(14)3/h4-6,12,14H,7-9,17H2,1-3H3. The fourth-order valence-corrected chi connectivity index (χ4v) is 3.37. The van der Waals surface area contributed by atoms with Crippen molar-refractivity contribution in [2.24, 2.45) is 11.7 Å². The number of rotatable bonds is 2. The molecule has 0 aliphatic carbocycles. The Morgan fingerprint density at radius 2 is 2.16 bits per heavy atom. The highest BCUT2D eigenvalue weighted by molar-refractivity contribution is 5.86. The van der Waals surface area contributed by atoms with Crippen LogP contribution in [0.1, 0.15) is 29.3 Å². The number of furan rings is 1. The molecule has 1 aliphatic heterocycles. The number of aryl methyl sites for hydroxylation is 2. The van der Waals surface area contributed by atoms with Gasteiger partial charge >= 0.3 is 0 Å². The Balaban J connectivity index is 2.10. The summed E-state index contributed by atoms with van der Waals surface area (Å²) in [4.78, 5) is 2.42. The summed E-state index contributed by atoms with van der Waals surface area (Å²) in [6.07, 6.45) is 1.15. The van der Waals surface area contributed by atoms with E-state index in [1.807, 2.05) is 6.92 Å². The zero-order chi connectivity index (χ0) is 13.6. The van der Waals surface area contributed by atoms with Gasteiger partial charge in [0.25, 0.3) is 0 Å². The van der Waals surface area contributed by atoms with Gasteiger partial charge in [-0.15, -0.1) is 0 Å². The largest absolute Gasteiger partial charge is 0.461 e. The summed E-state index contributed by atoms with van der Waals surface area (Å²) in [7, 11) is 2.20. The molecule has 3 heteroatoms. The Labute approximate surface area is 114 Å². The van der Waals surface area contributed by atoms with Gasteiger partial charge in [0.2, 0.25) is 0 Å². The Hall–Kier alpha value is -1.32. The zero-order valence-electron chi connectivity index (χ0n) is 11.9. The Morgan fingerprint density at radius 3 is 2.84 bits per heavy atom. The molecular formula is C16H22N2O. The normalized spacial score (nSPS) is 24.4. The molecule has 1 aliphatic rings. The molecule has 1 saturated heterocycles. The van der Waals surface area contributed by atoms with E-state index in [1.165, 1.54) is 16.5 Å². The molecule has 3 rings (SSSR count). The minimum Gasteiger partial charge on any atom is -0.461 e. The smallest absolute Gasteiger partial charge is 0.134 e. The van der Waals surface area contributed by atoms with E-state index >= 15 is 0 Å². The van der Waals surface area contributed by atoms with Crippen LogP contribution in [0.15, 0.2) is 22.6 Å². The Morgan fingerprint density at radius 1 is 1.37 bits per heavy atom. The summed E-state index contributed by atoms with van der Waals surface area (Å²) in [6, 6.07) is 6.87. The fourth-order valence-electron chi connectivity index (χ4n) is 3.37. The number of nitrogens with zero attached hydrogens (tertiary/aromatic N) is 1. The highest BCUT2D eigenvalue weighted by Crippen LogP contribution is 2.39. The van der Waals surface area contributed by atoms with Crippen LogP contribution in [0.25, 0.3) is 11.0 Å². The van der Waals surface area contributed by atoms with E-state index in [0.717, 1.165) is 30.9 Å². The number of likely N-dealkylation sites (tertiary alicyclic amines) is 1. The molecule has 0 saturated carbocycles. The minimum absolute atomic E-state index is 0.466. The van der Waals surface area contributed by atoms with E-state index in [4.69, 9.17) is 10.2 Å². The van der Waals surface area contributed by atoms with Crippen molar-refractivity contribution in [2.75, 3.05) is 20.1 Å². The molecule has 2 unspecified atom stereocenters. The van der Waals surface area contributed by atoms with Gasteiger partial charge in [0.05, 0.1) is 0 Å². The summed E-state index contributed by atoms with van der Waals surface area (Å²) in [5.41, 5.74) is 9.52. The second-order valence-electron chi connectivity index (χ2n) is 5.80. The van der Waals surface area contributed by atoms with Gasteiger partial charge < -0.3 is 10.2 Å². The highest BCUT2D eigenvalue weighted by atomic mass is 16.3. The first kappa shape index (κ1) is 12.7. The average Bonchev–Trinajstić information content (AvgIpc) is 2.91. The van der Waals surface area contributed by atoms with E-state index in [2.05, 4.69) is 37.1 Å². The molecule has 0 bridgehead atoms. The van der Waals surface area contributed by atoms with Crippen molar-refractivity contribution in [3.05, 3.63) is 35.1 Å². The molecule has 3 nitrogen and oxygen atoms in total. The topological polar surface area (TPSA) is 42.4 Å². The van der Waals surface area contributed by atoms with Crippen molar-refractivity contribution in [3.8, 4) is 0 Å². The lowest BCUT2D eigenvalue weighted by molar-refractivity contribution is 0.315. The quantitative estimate of drug-likeness (QED) is 0.900. The molecule has 0 radical (unpaired) electrons. The molecular weight excluding hydrogens is 236 g/mol. The van der Waals surface area contributed by atoms with Crippen LogP contribution >= 0.6 is 0 Å². The van der Waals surface area contributed by atoms with Gasteiger partial charge in [-0.25, -0.2) is 0 Å². The van der Waals surface area contributed by atoms with Crippen molar-refractivity contribution < 1.29 is 4.42 Å². The van der Waals surface area contributed by atoms with Gasteiger partial charge in [0.15, 0.2) is 0 Å². The number of fused-ring (bicyclic) bond motifs is 1. The average molecular weight is 258 g/mol. The van der Waals surface area contributed by atoms with E-state index in [-0.39, 0.29) is 0 Å². The van der Waals surface area contributed by atoms with Crippen LogP contribution in [0.2, 0.25) is 0 Å². The van der Waals surface area contributed by atoms with Gasteiger partial charge in [-0.05, 0) is 57.0 Å². The molecule has 1 fully saturated rings. The van der Waals surface area contributed by atoms with E-state index in [9.17, 15) is 0 Å². The van der Waals surface area contributed by atoms with Gasteiger partial charge in [-0.1, -0.05) is 12.1 Å². The third-order valence-electron chi connectivity index (χ3n) is 4.55. The maximum absolute atomic E-state index is 5.84. The molecule has 0 spiro atoms. The predicted molar refractivity (Wildman–Crippen MR) is 78.2 cm³/mol. The Bertz CT molecular complexity index is 602. The summed E-state index contributed by atoms with van der Waals surface area (Å²) in [5.74, 6) is 1.64. The molecule has 2 N–H and O–H groups in total. The first-order valence-corrected chi connectivity index (χ1v) is 7.00. The van der Waals surface area contributed by atoms with Crippen molar-refractivity contribution in [1.29, 1.82) is 0 Å². The fraction of sp³-hybridized carbons (Fsp3) is 0.500. The van der Waals surface area contributed by atoms with Crippen LogP contribution in [-0.2, 0) is 0 Å². The van der Waals surface area contributed by atoms with Crippen molar-refractivity contribution in [1.82, 2.24) is 4.90 Å². The lowest BCUT2D eigenvalue weighted by Gasteiger charge is -2.20. The van der Waals surface area contributed by atoms with Crippen molar-refractivity contribution >= 4 is 11.0 Å². The van der Waals surface area contributed by atoms with E-state index in [1.54, 1.807) is 0 Å². The second-order valence-corrected chi connectivity index (χ2v) is 5.80. The van der Waals surface area contributed by atoms with E-state index < -0.39 is 0 Å². The molecule has 0 amide bonds. The summed E-state index contributed by atoms with van der Waals surface area (Å²) >= 11 is 0. The second kappa shape index (κ2) is 4.66. The molecule has 19 heavy (non-hydrogen) atoms. The molecule has 102 valence electrons. The predicted octanol–water partition coefficient (Wildman–Crippen LogP) is 3.00. The van der Waals surface area contributed by atoms with Crippen LogP contribution in [-0.4, -0.2) is 25.0 Å². The SMILES string of the molecule is Cc1oc2cccc(C3CC(CN)CN3C)c2c1C. The monoisotopic (exact) mass is 258 g/mol. The number of hydrogen-bond donors (Lipinski definition) is 1. The van der Waals surface area contributed by atoms with E-state index in [0.29, 0.717) is 12.0 Å². The summed E-state index contributed by atoms with van der Waals surface area (Å²) in [5, 5.41) is 1.30. The lowest BCUT2D eigenvalue weighted by Crippen LogP contribution is -2.20. The first-order valence-electron chi connectivity index (χ1n) is 7.00. The van der Waals surface area contributed by atoms with Crippen LogP contribution in [0.4, 0.5) is 0 Å². The van der Waals surface area contributed by atoms with Gasteiger partial charge in [-0.3, -0.25) is 4.90 Å². The van der Waals surface area contributed by atoms with Crippen molar-refractivity contribution in [2.45, 2.75) is 26.3 Å². The third-order valence-corrected chi connectivity index (χ3v) is 4.55. The minimum atomic E-state index is 0.466. The number of hydrogen-bond acceptors (Lipinski definition) is 3. The number of benzene rings is 1. The maximum Gasteiger partial charge on any atom is 0.134 e. The lowest BCUT2D eigenvalue weighted by atomic mass is 9.95. The van der Waals surface area contributed by atoms with Crippen LogP contribution in [0.5, 0.6) is 0 Å². The molecule has 2 heterocycles. The highest BCUT2D eigenvalue weighted by Gasteiger charge is 2.31. The van der Waals surface area contributed by atoms with Crippen molar-refractivity contribution in [3.63, 3.8) is 0 Å². The first-order chi connectivity index (χ1) is 9.11. The Kier molecular flexibility index (Phi) is 3.11. The molecule has 1 aromatic heterocycles. The van der Waals surface area contributed by atoms with Gasteiger partial charge in [-0.2, -0.15) is 0 Å².